The smallest absolute Gasteiger partial charge is 0.226 e. The molecule has 0 spiro atoms. The summed E-state index contributed by atoms with van der Waals surface area (Å²) in [6.07, 6.45) is 0.396. The third kappa shape index (κ3) is 4.25. The van der Waals surface area contributed by atoms with Gasteiger partial charge in [0.2, 0.25) is 5.91 Å². The van der Waals surface area contributed by atoms with Crippen molar-refractivity contribution in [3.05, 3.63) is 30.3 Å². The maximum Gasteiger partial charge on any atom is 0.226 e. The average molecular weight is 273 g/mol. The van der Waals surface area contributed by atoms with Crippen molar-refractivity contribution in [1.29, 1.82) is 5.26 Å². The number of rotatable bonds is 5. The van der Waals surface area contributed by atoms with E-state index in [0.29, 0.717) is 32.7 Å². The Kier molecular flexibility index (Phi) is 5.39. The first-order valence-corrected chi connectivity index (χ1v) is 6.84. The minimum absolute atomic E-state index is 0.123. The molecule has 5 heteroatoms. The van der Waals surface area contributed by atoms with Gasteiger partial charge in [-0.2, -0.15) is 5.26 Å². The van der Waals surface area contributed by atoms with Crippen LogP contribution in [0.4, 0.5) is 0 Å². The summed E-state index contributed by atoms with van der Waals surface area (Å²) in [6, 6.07) is 11.6. The van der Waals surface area contributed by atoms with Crippen LogP contribution < -0.4 is 4.74 Å². The van der Waals surface area contributed by atoms with Crippen LogP contribution in [0.5, 0.6) is 5.75 Å². The lowest BCUT2D eigenvalue weighted by molar-refractivity contribution is -0.133. The zero-order valence-electron chi connectivity index (χ0n) is 11.5. The minimum Gasteiger partial charge on any atom is -0.493 e. The molecule has 1 aliphatic rings. The summed E-state index contributed by atoms with van der Waals surface area (Å²) in [4.78, 5) is 15.9. The van der Waals surface area contributed by atoms with Crippen molar-refractivity contribution in [3.8, 4) is 11.8 Å². The maximum absolute atomic E-state index is 12.0. The van der Waals surface area contributed by atoms with Crippen molar-refractivity contribution >= 4 is 5.91 Å². The van der Waals surface area contributed by atoms with Crippen molar-refractivity contribution in [2.75, 3.05) is 39.3 Å². The molecule has 1 aromatic carbocycles. The highest BCUT2D eigenvalue weighted by Gasteiger charge is 2.20. The predicted octanol–water partition coefficient (Wildman–Crippen LogP) is 1.12. The number of piperazine rings is 1. The Labute approximate surface area is 119 Å². The second-order valence-electron chi connectivity index (χ2n) is 4.73. The van der Waals surface area contributed by atoms with Crippen LogP contribution in [0.1, 0.15) is 6.42 Å². The van der Waals surface area contributed by atoms with Gasteiger partial charge in [0.15, 0.2) is 0 Å². The molecule has 0 aromatic heterocycles. The molecule has 106 valence electrons. The lowest BCUT2D eigenvalue weighted by Gasteiger charge is -2.33. The van der Waals surface area contributed by atoms with Gasteiger partial charge in [-0.05, 0) is 12.1 Å². The number of nitrogens with zero attached hydrogens (tertiary/aromatic N) is 3. The molecule has 0 bridgehead atoms. The van der Waals surface area contributed by atoms with Crippen LogP contribution in [-0.4, -0.2) is 55.0 Å². The first kappa shape index (κ1) is 14.4. The van der Waals surface area contributed by atoms with E-state index in [0.717, 1.165) is 18.8 Å². The molecule has 1 heterocycles. The number of carbonyl (C=O) groups is 1. The van der Waals surface area contributed by atoms with Gasteiger partial charge in [0.05, 0.1) is 25.6 Å². The zero-order chi connectivity index (χ0) is 14.2. The highest BCUT2D eigenvalue weighted by molar-refractivity contribution is 5.76. The first-order valence-electron chi connectivity index (χ1n) is 6.84. The molecule has 5 nitrogen and oxygen atoms in total. The van der Waals surface area contributed by atoms with Crippen LogP contribution in [0.2, 0.25) is 0 Å². The van der Waals surface area contributed by atoms with Gasteiger partial charge >= 0.3 is 0 Å². The number of para-hydroxylation sites is 1. The molecule has 0 unspecified atom stereocenters. The fourth-order valence-electron chi connectivity index (χ4n) is 2.19. The number of carbonyl (C=O) groups excluding carboxylic acids is 1. The van der Waals surface area contributed by atoms with E-state index in [9.17, 15) is 4.79 Å². The maximum atomic E-state index is 12.0. The quantitative estimate of drug-likeness (QED) is 0.754. The largest absolute Gasteiger partial charge is 0.493 e. The first-order chi connectivity index (χ1) is 9.79. The SMILES string of the molecule is N#CCN1CCN(C(=O)CCOc2ccccc2)CC1. The standard InChI is InChI=1S/C15H19N3O2/c16-7-8-17-9-11-18(12-10-17)15(19)6-13-20-14-4-2-1-3-5-14/h1-5H,6,8-13H2. The Morgan fingerprint density at radius 3 is 2.55 bits per heavy atom. The van der Waals surface area contributed by atoms with E-state index in [4.69, 9.17) is 10.00 Å². The van der Waals surface area contributed by atoms with E-state index in [2.05, 4.69) is 11.0 Å². The van der Waals surface area contributed by atoms with Gasteiger partial charge in [0, 0.05) is 26.2 Å². The summed E-state index contributed by atoms with van der Waals surface area (Å²) in [6.45, 7) is 3.80. The Morgan fingerprint density at radius 2 is 1.90 bits per heavy atom. The Balaban J connectivity index is 1.67. The van der Waals surface area contributed by atoms with Crippen LogP contribution >= 0.6 is 0 Å². The molecule has 1 saturated heterocycles. The number of ether oxygens (including phenoxy) is 1. The highest BCUT2D eigenvalue weighted by Crippen LogP contribution is 2.09. The molecule has 2 rings (SSSR count). The lowest BCUT2D eigenvalue weighted by atomic mass is 10.3. The lowest BCUT2D eigenvalue weighted by Crippen LogP contribution is -2.48. The summed E-state index contributed by atoms with van der Waals surface area (Å²) in [5, 5.41) is 8.63. The van der Waals surface area contributed by atoms with E-state index in [1.165, 1.54) is 0 Å². The molecule has 0 saturated carbocycles. The molecular formula is C15H19N3O2. The summed E-state index contributed by atoms with van der Waals surface area (Å²) in [5.41, 5.74) is 0. The van der Waals surface area contributed by atoms with Gasteiger partial charge in [-0.1, -0.05) is 18.2 Å². The van der Waals surface area contributed by atoms with E-state index < -0.39 is 0 Å². The minimum atomic E-state index is 0.123. The average Bonchev–Trinajstić information content (AvgIpc) is 2.49. The highest BCUT2D eigenvalue weighted by atomic mass is 16.5. The van der Waals surface area contributed by atoms with Gasteiger partial charge in [-0.15, -0.1) is 0 Å². The van der Waals surface area contributed by atoms with Gasteiger partial charge in [-0.3, -0.25) is 9.69 Å². The van der Waals surface area contributed by atoms with Crippen molar-refractivity contribution in [2.24, 2.45) is 0 Å². The Hall–Kier alpha value is -2.06. The summed E-state index contributed by atoms with van der Waals surface area (Å²) >= 11 is 0. The third-order valence-electron chi connectivity index (χ3n) is 3.35. The van der Waals surface area contributed by atoms with Crippen LogP contribution in [0, 0.1) is 11.3 Å². The van der Waals surface area contributed by atoms with Crippen molar-refractivity contribution in [1.82, 2.24) is 9.80 Å². The number of hydrogen-bond acceptors (Lipinski definition) is 4. The second-order valence-corrected chi connectivity index (χ2v) is 4.73. The van der Waals surface area contributed by atoms with Crippen LogP contribution in [-0.2, 0) is 4.79 Å². The number of amides is 1. The summed E-state index contributed by atoms with van der Waals surface area (Å²) in [7, 11) is 0. The predicted molar refractivity (Wildman–Crippen MR) is 75.2 cm³/mol. The van der Waals surface area contributed by atoms with Crippen molar-refractivity contribution < 1.29 is 9.53 Å². The molecule has 1 aliphatic heterocycles. The fraction of sp³-hybridized carbons (Fsp3) is 0.467. The Bertz CT molecular complexity index is 462. The van der Waals surface area contributed by atoms with Crippen LogP contribution in [0.15, 0.2) is 30.3 Å². The molecule has 20 heavy (non-hydrogen) atoms. The molecule has 0 atom stereocenters. The summed E-state index contributed by atoms with van der Waals surface area (Å²) < 4.78 is 5.53. The van der Waals surface area contributed by atoms with E-state index >= 15 is 0 Å². The van der Waals surface area contributed by atoms with Gasteiger partial charge in [-0.25, -0.2) is 0 Å². The van der Waals surface area contributed by atoms with E-state index in [-0.39, 0.29) is 5.91 Å². The normalized spacial score (nSPS) is 15.7. The Morgan fingerprint density at radius 1 is 1.20 bits per heavy atom. The zero-order valence-corrected chi connectivity index (χ0v) is 11.5. The summed E-state index contributed by atoms with van der Waals surface area (Å²) in [5.74, 6) is 0.914. The molecular weight excluding hydrogens is 254 g/mol. The number of benzene rings is 1. The van der Waals surface area contributed by atoms with Gasteiger partial charge in [0.25, 0.3) is 0 Å². The number of hydrogen-bond donors (Lipinski definition) is 0. The van der Waals surface area contributed by atoms with Gasteiger partial charge in [0.1, 0.15) is 5.75 Å². The van der Waals surface area contributed by atoms with Crippen molar-refractivity contribution in [3.63, 3.8) is 0 Å². The molecule has 0 N–H and O–H groups in total. The monoisotopic (exact) mass is 273 g/mol. The number of nitriles is 1. The second kappa shape index (κ2) is 7.51. The van der Waals surface area contributed by atoms with Crippen molar-refractivity contribution in [2.45, 2.75) is 6.42 Å². The third-order valence-corrected chi connectivity index (χ3v) is 3.35. The molecule has 0 radical (unpaired) electrons. The molecule has 0 aliphatic carbocycles. The van der Waals surface area contributed by atoms with E-state index in [1.807, 2.05) is 35.2 Å². The molecule has 1 amide bonds. The topological polar surface area (TPSA) is 56.6 Å². The molecule has 1 aromatic rings. The van der Waals surface area contributed by atoms with Crippen LogP contribution in [0.3, 0.4) is 0 Å². The van der Waals surface area contributed by atoms with Gasteiger partial charge < -0.3 is 9.64 Å². The van der Waals surface area contributed by atoms with Crippen LogP contribution in [0.25, 0.3) is 0 Å². The molecule has 1 fully saturated rings. The van der Waals surface area contributed by atoms with E-state index in [1.54, 1.807) is 0 Å². The fourth-order valence-corrected chi connectivity index (χ4v) is 2.19.